The largest absolute Gasteiger partial charge is 0.355 e. The van der Waals surface area contributed by atoms with Crippen molar-refractivity contribution < 1.29 is 9.59 Å². The first-order chi connectivity index (χ1) is 11.6. The Labute approximate surface area is 145 Å². The number of aryl methyl sites for hydroxylation is 2. The highest BCUT2D eigenvalue weighted by atomic mass is 16.2. The van der Waals surface area contributed by atoms with Gasteiger partial charge in [0, 0.05) is 39.1 Å². The van der Waals surface area contributed by atoms with Crippen LogP contribution < -0.4 is 5.32 Å². The molecule has 1 heterocycles. The SMILES string of the molecule is CCCNC(=O)CN1CCN(C(=O)CCc2ccc(C)cc2)CC1. The maximum absolute atomic E-state index is 12.3. The molecule has 0 aromatic heterocycles. The second-order valence-corrected chi connectivity index (χ2v) is 6.49. The topological polar surface area (TPSA) is 52.7 Å². The van der Waals surface area contributed by atoms with Gasteiger partial charge in [-0.05, 0) is 25.3 Å². The molecule has 1 saturated heterocycles. The minimum absolute atomic E-state index is 0.0796. The fourth-order valence-corrected chi connectivity index (χ4v) is 2.84. The normalized spacial score (nSPS) is 15.3. The molecular formula is C19H29N3O2. The Hall–Kier alpha value is -1.88. The highest BCUT2D eigenvalue weighted by Crippen LogP contribution is 2.09. The molecule has 2 rings (SSSR count). The summed E-state index contributed by atoms with van der Waals surface area (Å²) in [7, 11) is 0. The van der Waals surface area contributed by atoms with Gasteiger partial charge in [-0.2, -0.15) is 0 Å². The van der Waals surface area contributed by atoms with Crippen molar-refractivity contribution in [1.82, 2.24) is 15.1 Å². The Morgan fingerprint density at radius 3 is 2.38 bits per heavy atom. The zero-order valence-electron chi connectivity index (χ0n) is 14.9. The maximum Gasteiger partial charge on any atom is 0.234 e. The van der Waals surface area contributed by atoms with Crippen LogP contribution in [0.15, 0.2) is 24.3 Å². The summed E-state index contributed by atoms with van der Waals surface area (Å²) in [6.45, 7) is 8.26. The van der Waals surface area contributed by atoms with Crippen LogP contribution in [0.4, 0.5) is 0 Å². The number of amides is 2. The molecule has 1 aliphatic rings. The summed E-state index contributed by atoms with van der Waals surface area (Å²) < 4.78 is 0. The van der Waals surface area contributed by atoms with Gasteiger partial charge in [0.05, 0.1) is 6.54 Å². The number of carbonyl (C=O) groups is 2. The minimum Gasteiger partial charge on any atom is -0.355 e. The van der Waals surface area contributed by atoms with E-state index in [9.17, 15) is 9.59 Å². The third kappa shape index (κ3) is 5.96. The second kappa shape index (κ2) is 9.42. The molecule has 1 aromatic rings. The first-order valence-corrected chi connectivity index (χ1v) is 8.91. The molecule has 0 unspecified atom stereocenters. The molecule has 0 bridgehead atoms. The first-order valence-electron chi connectivity index (χ1n) is 8.91. The lowest BCUT2D eigenvalue weighted by atomic mass is 10.1. The zero-order chi connectivity index (χ0) is 17.4. The van der Waals surface area contributed by atoms with Crippen LogP contribution in [-0.4, -0.2) is 60.9 Å². The summed E-state index contributed by atoms with van der Waals surface area (Å²) in [4.78, 5) is 28.1. The highest BCUT2D eigenvalue weighted by molar-refractivity contribution is 5.78. The summed E-state index contributed by atoms with van der Waals surface area (Å²) in [6.07, 6.45) is 2.30. The number of rotatable bonds is 7. The molecule has 132 valence electrons. The van der Waals surface area contributed by atoms with Crippen LogP contribution in [0.1, 0.15) is 30.9 Å². The zero-order valence-corrected chi connectivity index (χ0v) is 14.9. The number of carbonyl (C=O) groups excluding carboxylic acids is 2. The van der Waals surface area contributed by atoms with E-state index in [1.807, 2.05) is 11.8 Å². The third-order valence-electron chi connectivity index (χ3n) is 4.41. The van der Waals surface area contributed by atoms with Crippen molar-refractivity contribution in [3.63, 3.8) is 0 Å². The molecule has 2 amide bonds. The van der Waals surface area contributed by atoms with E-state index in [-0.39, 0.29) is 11.8 Å². The molecular weight excluding hydrogens is 302 g/mol. The summed E-state index contributed by atoms with van der Waals surface area (Å²) in [6, 6.07) is 8.36. The molecule has 5 nitrogen and oxygen atoms in total. The first kappa shape index (κ1) is 18.5. The van der Waals surface area contributed by atoms with Crippen molar-refractivity contribution in [3.05, 3.63) is 35.4 Å². The van der Waals surface area contributed by atoms with Gasteiger partial charge in [0.2, 0.25) is 11.8 Å². The molecule has 0 saturated carbocycles. The Balaban J connectivity index is 1.68. The van der Waals surface area contributed by atoms with Gasteiger partial charge in [-0.1, -0.05) is 36.8 Å². The van der Waals surface area contributed by atoms with Crippen LogP contribution in [0.25, 0.3) is 0 Å². The minimum atomic E-state index is 0.0796. The lowest BCUT2D eigenvalue weighted by Crippen LogP contribution is -2.51. The third-order valence-corrected chi connectivity index (χ3v) is 4.41. The van der Waals surface area contributed by atoms with Crippen molar-refractivity contribution in [2.75, 3.05) is 39.3 Å². The van der Waals surface area contributed by atoms with Crippen LogP contribution in [0.5, 0.6) is 0 Å². The number of piperazine rings is 1. The smallest absolute Gasteiger partial charge is 0.234 e. The standard InChI is InChI=1S/C19H29N3O2/c1-3-10-20-18(23)15-21-11-13-22(14-12-21)19(24)9-8-17-6-4-16(2)5-7-17/h4-7H,3,8-15H2,1-2H3,(H,20,23). The van der Waals surface area contributed by atoms with Crippen molar-refractivity contribution >= 4 is 11.8 Å². The summed E-state index contributed by atoms with van der Waals surface area (Å²) in [5.41, 5.74) is 2.45. The number of nitrogens with one attached hydrogen (secondary N) is 1. The molecule has 0 aliphatic carbocycles. The van der Waals surface area contributed by atoms with Gasteiger partial charge in [-0.3, -0.25) is 14.5 Å². The summed E-state index contributed by atoms with van der Waals surface area (Å²) in [5, 5.41) is 2.89. The van der Waals surface area contributed by atoms with Gasteiger partial charge in [0.1, 0.15) is 0 Å². The lowest BCUT2D eigenvalue weighted by molar-refractivity contribution is -0.133. The van der Waals surface area contributed by atoms with Gasteiger partial charge in [0.15, 0.2) is 0 Å². The quantitative estimate of drug-likeness (QED) is 0.826. The van der Waals surface area contributed by atoms with Crippen molar-refractivity contribution in [3.8, 4) is 0 Å². The Bertz CT molecular complexity index is 534. The van der Waals surface area contributed by atoms with Crippen LogP contribution in [-0.2, 0) is 16.0 Å². The number of benzene rings is 1. The highest BCUT2D eigenvalue weighted by Gasteiger charge is 2.21. The van der Waals surface area contributed by atoms with E-state index in [4.69, 9.17) is 0 Å². The monoisotopic (exact) mass is 331 g/mol. The van der Waals surface area contributed by atoms with E-state index in [0.29, 0.717) is 26.1 Å². The number of hydrogen-bond donors (Lipinski definition) is 1. The van der Waals surface area contributed by atoms with E-state index in [1.54, 1.807) is 0 Å². The van der Waals surface area contributed by atoms with Gasteiger partial charge in [-0.15, -0.1) is 0 Å². The van der Waals surface area contributed by atoms with Gasteiger partial charge in [-0.25, -0.2) is 0 Å². The van der Waals surface area contributed by atoms with Gasteiger partial charge >= 0.3 is 0 Å². The molecule has 24 heavy (non-hydrogen) atoms. The van der Waals surface area contributed by atoms with Crippen molar-refractivity contribution in [1.29, 1.82) is 0 Å². The average Bonchev–Trinajstić information content (AvgIpc) is 2.60. The molecule has 5 heteroatoms. The molecule has 0 atom stereocenters. The van der Waals surface area contributed by atoms with Crippen molar-refractivity contribution in [2.45, 2.75) is 33.1 Å². The molecule has 0 spiro atoms. The molecule has 0 radical (unpaired) electrons. The fraction of sp³-hybridized carbons (Fsp3) is 0.579. The Morgan fingerprint density at radius 2 is 1.75 bits per heavy atom. The van der Waals surface area contributed by atoms with Crippen molar-refractivity contribution in [2.24, 2.45) is 0 Å². The predicted octanol–water partition coefficient (Wildman–Crippen LogP) is 1.60. The van der Waals surface area contributed by atoms with Crippen LogP contribution in [0.2, 0.25) is 0 Å². The van der Waals surface area contributed by atoms with E-state index in [1.165, 1.54) is 11.1 Å². The molecule has 1 N–H and O–H groups in total. The van der Waals surface area contributed by atoms with E-state index >= 15 is 0 Å². The fourth-order valence-electron chi connectivity index (χ4n) is 2.84. The number of nitrogens with zero attached hydrogens (tertiary/aromatic N) is 2. The lowest BCUT2D eigenvalue weighted by Gasteiger charge is -2.34. The summed E-state index contributed by atoms with van der Waals surface area (Å²) in [5.74, 6) is 0.293. The molecule has 1 aliphatic heterocycles. The summed E-state index contributed by atoms with van der Waals surface area (Å²) >= 11 is 0. The van der Waals surface area contributed by atoms with Crippen LogP contribution in [0.3, 0.4) is 0 Å². The average molecular weight is 331 g/mol. The number of hydrogen-bond acceptors (Lipinski definition) is 3. The Kier molecular flexibility index (Phi) is 7.25. The van der Waals surface area contributed by atoms with E-state index in [0.717, 1.165) is 32.5 Å². The van der Waals surface area contributed by atoms with E-state index in [2.05, 4.69) is 41.4 Å². The predicted molar refractivity (Wildman–Crippen MR) is 95.8 cm³/mol. The van der Waals surface area contributed by atoms with Crippen LogP contribution >= 0.6 is 0 Å². The second-order valence-electron chi connectivity index (χ2n) is 6.49. The Morgan fingerprint density at radius 1 is 1.08 bits per heavy atom. The van der Waals surface area contributed by atoms with Crippen LogP contribution in [0, 0.1) is 6.92 Å². The van der Waals surface area contributed by atoms with Gasteiger partial charge < -0.3 is 10.2 Å². The molecule has 1 fully saturated rings. The maximum atomic E-state index is 12.3. The molecule has 1 aromatic carbocycles. The van der Waals surface area contributed by atoms with E-state index < -0.39 is 0 Å². The van der Waals surface area contributed by atoms with Gasteiger partial charge in [0.25, 0.3) is 0 Å².